The van der Waals surface area contributed by atoms with Crippen LogP contribution in [0.15, 0.2) is 0 Å². The normalized spacial score (nSPS) is 25.6. The lowest BCUT2D eigenvalue weighted by Crippen LogP contribution is -2.51. The second-order valence-corrected chi connectivity index (χ2v) is 4.61. The van der Waals surface area contributed by atoms with Crippen molar-refractivity contribution in [2.45, 2.75) is 39.9 Å². The van der Waals surface area contributed by atoms with Gasteiger partial charge in [0, 0.05) is 26.2 Å². The maximum Gasteiger partial charge on any atom is 0.318 e. The Bertz CT molecular complexity index is 234. The number of carbonyl (C=O) groups excluding carboxylic acids is 1. The molecule has 17 heavy (non-hydrogen) atoms. The molecule has 0 aromatic heterocycles. The summed E-state index contributed by atoms with van der Waals surface area (Å²) >= 11 is 0. The van der Waals surface area contributed by atoms with Gasteiger partial charge in [0.05, 0.1) is 18.9 Å². The topological polar surface area (TPSA) is 44.8 Å². The van der Waals surface area contributed by atoms with E-state index < -0.39 is 0 Å². The second-order valence-electron chi connectivity index (χ2n) is 4.61. The zero-order valence-electron chi connectivity index (χ0n) is 11.4. The fourth-order valence-corrected chi connectivity index (χ4v) is 2.22. The van der Waals surface area contributed by atoms with Gasteiger partial charge in [-0.2, -0.15) is 0 Å². The molecule has 2 amide bonds. The maximum absolute atomic E-state index is 11.8. The molecule has 1 heterocycles. The van der Waals surface area contributed by atoms with Gasteiger partial charge in [-0.1, -0.05) is 0 Å². The summed E-state index contributed by atoms with van der Waals surface area (Å²) in [4.78, 5) is 15.8. The first-order valence-electron chi connectivity index (χ1n) is 6.47. The Balaban J connectivity index is 2.32. The minimum atomic E-state index is 0.0156. The average molecular weight is 243 g/mol. The van der Waals surface area contributed by atoms with Crippen molar-refractivity contribution >= 4 is 6.03 Å². The minimum absolute atomic E-state index is 0.0156. The van der Waals surface area contributed by atoms with E-state index in [0.29, 0.717) is 6.67 Å². The largest absolute Gasteiger partial charge is 0.373 e. The summed E-state index contributed by atoms with van der Waals surface area (Å²) in [5.41, 5.74) is 0. The van der Waals surface area contributed by atoms with Gasteiger partial charge in [0.2, 0.25) is 0 Å². The minimum Gasteiger partial charge on any atom is -0.373 e. The lowest BCUT2D eigenvalue weighted by atomic mass is 10.2. The van der Waals surface area contributed by atoms with Crippen molar-refractivity contribution in [3.8, 4) is 0 Å². The Kier molecular flexibility index (Phi) is 5.71. The number of amides is 2. The molecular formula is C12H25N3O2. The van der Waals surface area contributed by atoms with Crippen molar-refractivity contribution in [2.75, 3.05) is 32.8 Å². The first kappa shape index (κ1) is 14.3. The number of nitrogens with zero attached hydrogens (tertiary/aromatic N) is 2. The van der Waals surface area contributed by atoms with Gasteiger partial charge in [-0.25, -0.2) is 4.79 Å². The molecule has 5 nitrogen and oxygen atoms in total. The van der Waals surface area contributed by atoms with E-state index in [4.69, 9.17) is 4.74 Å². The van der Waals surface area contributed by atoms with Gasteiger partial charge >= 0.3 is 6.03 Å². The monoisotopic (exact) mass is 243 g/mol. The third-order valence-electron chi connectivity index (χ3n) is 3.00. The fourth-order valence-electron chi connectivity index (χ4n) is 2.22. The Labute approximate surface area is 104 Å². The van der Waals surface area contributed by atoms with Crippen LogP contribution in [-0.2, 0) is 4.74 Å². The van der Waals surface area contributed by atoms with E-state index in [0.717, 1.165) is 26.2 Å². The molecule has 1 N–H and O–H groups in total. The highest BCUT2D eigenvalue weighted by molar-refractivity contribution is 5.73. The molecule has 5 heteroatoms. The van der Waals surface area contributed by atoms with Gasteiger partial charge in [0.1, 0.15) is 0 Å². The van der Waals surface area contributed by atoms with E-state index in [-0.39, 0.29) is 18.2 Å². The summed E-state index contributed by atoms with van der Waals surface area (Å²) in [5, 5.41) is 2.95. The van der Waals surface area contributed by atoms with Crippen LogP contribution in [0.5, 0.6) is 0 Å². The highest BCUT2D eigenvalue weighted by Crippen LogP contribution is 2.09. The van der Waals surface area contributed by atoms with Crippen LogP contribution < -0.4 is 5.32 Å². The standard InChI is InChI=1S/C12H25N3O2/c1-5-15(6-2)12(16)13-9-14-7-10(3)17-11(4)8-14/h10-11H,5-9H2,1-4H3,(H,13,16)/t10-,11-/m1/s1. The predicted octanol–water partition coefficient (Wildman–Crippen LogP) is 1.10. The lowest BCUT2D eigenvalue weighted by Gasteiger charge is -2.35. The molecule has 1 fully saturated rings. The molecular weight excluding hydrogens is 218 g/mol. The molecule has 1 saturated heterocycles. The Morgan fingerprint density at radius 1 is 1.29 bits per heavy atom. The summed E-state index contributed by atoms with van der Waals surface area (Å²) in [6.45, 7) is 12.0. The van der Waals surface area contributed by atoms with Crippen molar-refractivity contribution in [1.82, 2.24) is 15.1 Å². The predicted molar refractivity (Wildman–Crippen MR) is 67.9 cm³/mol. The molecule has 0 aliphatic carbocycles. The van der Waals surface area contributed by atoms with Gasteiger partial charge in [-0.3, -0.25) is 4.90 Å². The SMILES string of the molecule is CCN(CC)C(=O)NCN1C[C@@H](C)O[C@H](C)C1. The molecule has 0 radical (unpaired) electrons. The highest BCUT2D eigenvalue weighted by Gasteiger charge is 2.22. The molecule has 0 bridgehead atoms. The van der Waals surface area contributed by atoms with E-state index in [1.165, 1.54) is 0 Å². The zero-order chi connectivity index (χ0) is 12.8. The number of rotatable bonds is 4. The Hall–Kier alpha value is -0.810. The van der Waals surface area contributed by atoms with E-state index in [1.54, 1.807) is 4.90 Å². The van der Waals surface area contributed by atoms with Crippen molar-refractivity contribution in [3.63, 3.8) is 0 Å². The van der Waals surface area contributed by atoms with Gasteiger partial charge in [-0.15, -0.1) is 0 Å². The maximum atomic E-state index is 11.8. The van der Waals surface area contributed by atoms with Crippen LogP contribution in [0.1, 0.15) is 27.7 Å². The van der Waals surface area contributed by atoms with Crippen LogP contribution in [0, 0.1) is 0 Å². The van der Waals surface area contributed by atoms with Crippen molar-refractivity contribution < 1.29 is 9.53 Å². The third kappa shape index (κ3) is 4.52. The number of hydrogen-bond donors (Lipinski definition) is 1. The first-order chi connectivity index (χ1) is 8.06. The van der Waals surface area contributed by atoms with Gasteiger partial charge in [0.25, 0.3) is 0 Å². The summed E-state index contributed by atoms with van der Waals surface area (Å²) in [6.07, 6.45) is 0.480. The van der Waals surface area contributed by atoms with E-state index in [2.05, 4.69) is 24.1 Å². The number of urea groups is 1. The van der Waals surface area contributed by atoms with Crippen LogP contribution >= 0.6 is 0 Å². The number of morpholine rings is 1. The summed E-state index contributed by atoms with van der Waals surface area (Å²) in [7, 11) is 0. The van der Waals surface area contributed by atoms with Gasteiger partial charge in [-0.05, 0) is 27.7 Å². The average Bonchev–Trinajstić information content (AvgIpc) is 2.27. The first-order valence-corrected chi connectivity index (χ1v) is 6.47. The van der Waals surface area contributed by atoms with Crippen molar-refractivity contribution in [1.29, 1.82) is 0 Å². The Morgan fingerprint density at radius 3 is 2.29 bits per heavy atom. The molecule has 0 unspecified atom stereocenters. The number of carbonyl (C=O) groups is 1. The molecule has 0 aromatic carbocycles. The lowest BCUT2D eigenvalue weighted by molar-refractivity contribution is -0.0691. The van der Waals surface area contributed by atoms with E-state index in [9.17, 15) is 4.79 Å². The Morgan fingerprint density at radius 2 is 1.82 bits per heavy atom. The second kappa shape index (κ2) is 6.81. The molecule has 1 aliphatic heterocycles. The quantitative estimate of drug-likeness (QED) is 0.804. The molecule has 1 rings (SSSR count). The number of hydrogen-bond acceptors (Lipinski definition) is 3. The van der Waals surface area contributed by atoms with Gasteiger partial charge < -0.3 is 15.0 Å². The van der Waals surface area contributed by atoms with E-state index in [1.807, 2.05) is 13.8 Å². The third-order valence-corrected chi connectivity index (χ3v) is 3.00. The van der Waals surface area contributed by atoms with Crippen molar-refractivity contribution in [3.05, 3.63) is 0 Å². The van der Waals surface area contributed by atoms with Crippen LogP contribution in [0.25, 0.3) is 0 Å². The van der Waals surface area contributed by atoms with Crippen molar-refractivity contribution in [2.24, 2.45) is 0 Å². The smallest absolute Gasteiger partial charge is 0.318 e. The number of nitrogens with one attached hydrogen (secondary N) is 1. The number of ether oxygens (including phenoxy) is 1. The molecule has 0 spiro atoms. The van der Waals surface area contributed by atoms with E-state index >= 15 is 0 Å². The molecule has 0 saturated carbocycles. The molecule has 100 valence electrons. The fraction of sp³-hybridized carbons (Fsp3) is 0.917. The molecule has 2 atom stereocenters. The summed E-state index contributed by atoms with van der Waals surface area (Å²) in [6, 6.07) is 0.0156. The molecule has 1 aliphatic rings. The molecule has 0 aromatic rings. The summed E-state index contributed by atoms with van der Waals surface area (Å²) in [5.74, 6) is 0. The highest BCUT2D eigenvalue weighted by atomic mass is 16.5. The van der Waals surface area contributed by atoms with Crippen LogP contribution in [0.3, 0.4) is 0 Å². The van der Waals surface area contributed by atoms with Crippen LogP contribution in [0.4, 0.5) is 4.79 Å². The van der Waals surface area contributed by atoms with Crippen LogP contribution in [-0.4, -0.2) is 60.9 Å². The zero-order valence-corrected chi connectivity index (χ0v) is 11.4. The van der Waals surface area contributed by atoms with Gasteiger partial charge in [0.15, 0.2) is 0 Å². The summed E-state index contributed by atoms with van der Waals surface area (Å²) < 4.78 is 5.65. The van der Waals surface area contributed by atoms with Crippen LogP contribution in [0.2, 0.25) is 0 Å².